The highest BCUT2D eigenvalue weighted by atomic mass is 33.1. The summed E-state index contributed by atoms with van der Waals surface area (Å²) in [4.78, 5) is 15.8. The average molecular weight is 329 g/mol. The standard InChI is InChI=1S/C11H11N3O3S3/c15-14(16)10-6-13(4-5-17-10)20-19-9-3-1-2-8-11(9)12-7-18-8/h1-3,7,10H,4-6H2. The van der Waals surface area contributed by atoms with Gasteiger partial charge in [-0.25, -0.2) is 9.29 Å². The zero-order chi connectivity index (χ0) is 13.9. The molecule has 0 amide bonds. The van der Waals surface area contributed by atoms with E-state index in [-0.39, 0.29) is 4.92 Å². The third-order valence-corrected chi connectivity index (χ3v) is 6.12. The van der Waals surface area contributed by atoms with Gasteiger partial charge in [-0.05, 0) is 33.9 Å². The molecular weight excluding hydrogens is 318 g/mol. The van der Waals surface area contributed by atoms with Crippen molar-refractivity contribution in [1.82, 2.24) is 9.29 Å². The predicted octanol–water partition coefficient (Wildman–Crippen LogP) is 2.89. The van der Waals surface area contributed by atoms with Crippen molar-refractivity contribution in [3.8, 4) is 0 Å². The van der Waals surface area contributed by atoms with Crippen molar-refractivity contribution in [2.75, 3.05) is 19.7 Å². The second kappa shape index (κ2) is 6.27. The molecule has 0 N–H and O–H groups in total. The summed E-state index contributed by atoms with van der Waals surface area (Å²) in [5, 5.41) is 10.7. The molecule has 106 valence electrons. The Morgan fingerprint density at radius 3 is 3.30 bits per heavy atom. The molecule has 6 nitrogen and oxygen atoms in total. The van der Waals surface area contributed by atoms with Gasteiger partial charge in [0, 0.05) is 11.4 Å². The highest BCUT2D eigenvalue weighted by Gasteiger charge is 2.29. The zero-order valence-electron chi connectivity index (χ0n) is 10.3. The highest BCUT2D eigenvalue weighted by molar-refractivity contribution is 8.75. The lowest BCUT2D eigenvalue weighted by molar-refractivity contribution is -0.578. The fourth-order valence-electron chi connectivity index (χ4n) is 1.82. The summed E-state index contributed by atoms with van der Waals surface area (Å²) in [5.74, 6) is 0. The first-order valence-corrected chi connectivity index (χ1v) is 8.89. The molecule has 1 aliphatic heterocycles. The molecule has 0 aliphatic carbocycles. The van der Waals surface area contributed by atoms with Crippen LogP contribution in [0.5, 0.6) is 0 Å². The van der Waals surface area contributed by atoms with E-state index in [1.54, 1.807) is 22.1 Å². The van der Waals surface area contributed by atoms with Gasteiger partial charge < -0.3 is 4.74 Å². The van der Waals surface area contributed by atoms with E-state index in [0.717, 1.165) is 15.1 Å². The summed E-state index contributed by atoms with van der Waals surface area (Å²) in [6.07, 6.45) is -0.924. The normalized spacial score (nSPS) is 20.3. The Morgan fingerprint density at radius 1 is 1.55 bits per heavy atom. The van der Waals surface area contributed by atoms with Crippen LogP contribution in [0, 0.1) is 10.1 Å². The van der Waals surface area contributed by atoms with E-state index in [2.05, 4.69) is 4.98 Å². The van der Waals surface area contributed by atoms with Gasteiger partial charge in [-0.2, -0.15) is 0 Å². The van der Waals surface area contributed by atoms with Gasteiger partial charge in [0.05, 0.1) is 27.3 Å². The second-order valence-electron chi connectivity index (χ2n) is 4.11. The molecule has 2 heterocycles. The number of thiazole rings is 1. The van der Waals surface area contributed by atoms with Gasteiger partial charge in [0.25, 0.3) is 0 Å². The Morgan fingerprint density at radius 2 is 2.45 bits per heavy atom. The molecule has 20 heavy (non-hydrogen) atoms. The molecule has 1 saturated heterocycles. The zero-order valence-corrected chi connectivity index (χ0v) is 12.7. The largest absolute Gasteiger partial charge is 0.329 e. The van der Waals surface area contributed by atoms with Crippen LogP contribution in [0.25, 0.3) is 10.2 Å². The van der Waals surface area contributed by atoms with Crippen LogP contribution in [-0.4, -0.2) is 40.1 Å². The number of ether oxygens (including phenoxy) is 1. The van der Waals surface area contributed by atoms with Gasteiger partial charge >= 0.3 is 6.23 Å². The Balaban J connectivity index is 1.64. The molecule has 0 bridgehead atoms. The fourth-order valence-corrected chi connectivity index (χ4v) is 4.86. The minimum Gasteiger partial charge on any atom is -0.315 e. The van der Waals surface area contributed by atoms with Gasteiger partial charge in [-0.1, -0.05) is 6.07 Å². The van der Waals surface area contributed by atoms with E-state index in [9.17, 15) is 10.1 Å². The van der Waals surface area contributed by atoms with Crippen LogP contribution < -0.4 is 0 Å². The summed E-state index contributed by atoms with van der Waals surface area (Å²) < 4.78 is 8.22. The molecule has 0 spiro atoms. The number of rotatable bonds is 4. The Hall–Kier alpha value is -0.870. The maximum absolute atomic E-state index is 10.7. The number of nitro groups is 1. The summed E-state index contributed by atoms with van der Waals surface area (Å²) >= 11 is 1.61. The molecule has 1 aromatic heterocycles. The maximum atomic E-state index is 10.7. The van der Waals surface area contributed by atoms with Crippen molar-refractivity contribution >= 4 is 43.3 Å². The number of para-hydroxylation sites is 1. The third kappa shape index (κ3) is 3.07. The van der Waals surface area contributed by atoms with Crippen LogP contribution >= 0.6 is 33.1 Å². The molecule has 1 unspecified atom stereocenters. The number of hydrogen-bond acceptors (Lipinski definition) is 8. The van der Waals surface area contributed by atoms with Crippen LogP contribution in [0.4, 0.5) is 0 Å². The number of morpholine rings is 1. The molecular formula is C11H11N3O3S3. The van der Waals surface area contributed by atoms with Crippen LogP contribution in [0.2, 0.25) is 0 Å². The number of benzene rings is 1. The number of aromatic nitrogens is 1. The number of nitrogens with zero attached hydrogens (tertiary/aromatic N) is 3. The van der Waals surface area contributed by atoms with Gasteiger partial charge in [0.15, 0.2) is 0 Å². The van der Waals surface area contributed by atoms with E-state index in [0.29, 0.717) is 19.7 Å². The number of hydrogen-bond donors (Lipinski definition) is 0. The maximum Gasteiger partial charge on any atom is 0.329 e. The van der Waals surface area contributed by atoms with Crippen molar-refractivity contribution < 1.29 is 9.66 Å². The Kier molecular flexibility index (Phi) is 4.41. The van der Waals surface area contributed by atoms with Crippen LogP contribution in [0.1, 0.15) is 0 Å². The lowest BCUT2D eigenvalue weighted by Gasteiger charge is -2.26. The summed E-state index contributed by atoms with van der Waals surface area (Å²) in [7, 11) is 3.10. The molecule has 1 aliphatic rings. The lowest BCUT2D eigenvalue weighted by Crippen LogP contribution is -2.42. The molecule has 0 saturated carbocycles. The van der Waals surface area contributed by atoms with E-state index < -0.39 is 6.23 Å². The van der Waals surface area contributed by atoms with Crippen molar-refractivity contribution in [3.63, 3.8) is 0 Å². The molecule has 1 fully saturated rings. The van der Waals surface area contributed by atoms with Crippen molar-refractivity contribution in [3.05, 3.63) is 33.8 Å². The van der Waals surface area contributed by atoms with E-state index in [4.69, 9.17) is 4.74 Å². The number of fused-ring (bicyclic) bond motifs is 1. The van der Waals surface area contributed by atoms with Crippen LogP contribution in [0.15, 0.2) is 28.6 Å². The van der Waals surface area contributed by atoms with Gasteiger partial charge in [-0.15, -0.1) is 11.3 Å². The SMILES string of the molecule is O=[N+]([O-])C1CN(SSc2cccc3scnc23)CCO1. The lowest BCUT2D eigenvalue weighted by atomic mass is 10.3. The third-order valence-electron chi connectivity index (χ3n) is 2.80. The molecule has 9 heteroatoms. The van der Waals surface area contributed by atoms with Crippen LogP contribution in [0.3, 0.4) is 0 Å². The highest BCUT2D eigenvalue weighted by Crippen LogP contribution is 2.38. The smallest absolute Gasteiger partial charge is 0.315 e. The first-order chi connectivity index (χ1) is 9.74. The van der Waals surface area contributed by atoms with Crippen molar-refractivity contribution in [2.45, 2.75) is 11.1 Å². The minimum absolute atomic E-state index is 0.303. The fraction of sp³-hybridized carbons (Fsp3) is 0.364. The van der Waals surface area contributed by atoms with Gasteiger partial charge in [0.1, 0.15) is 6.54 Å². The molecule has 1 aromatic carbocycles. The molecule has 2 aromatic rings. The van der Waals surface area contributed by atoms with Gasteiger partial charge in [-0.3, -0.25) is 10.1 Å². The summed E-state index contributed by atoms with van der Waals surface area (Å²) in [6.45, 7) is 1.38. The van der Waals surface area contributed by atoms with Crippen molar-refractivity contribution in [1.29, 1.82) is 0 Å². The van der Waals surface area contributed by atoms with E-state index in [1.807, 2.05) is 28.0 Å². The minimum atomic E-state index is -0.924. The molecule has 0 radical (unpaired) electrons. The summed E-state index contributed by atoms with van der Waals surface area (Å²) in [5.41, 5.74) is 2.82. The predicted molar refractivity (Wildman–Crippen MR) is 81.4 cm³/mol. The Bertz CT molecular complexity index is 621. The second-order valence-corrected chi connectivity index (χ2v) is 7.22. The molecule has 3 rings (SSSR count). The first kappa shape index (κ1) is 14.1. The monoisotopic (exact) mass is 329 g/mol. The molecule has 1 atom stereocenters. The first-order valence-electron chi connectivity index (χ1n) is 5.91. The van der Waals surface area contributed by atoms with Gasteiger partial charge in [0.2, 0.25) is 0 Å². The quantitative estimate of drug-likeness (QED) is 0.370. The van der Waals surface area contributed by atoms with E-state index >= 15 is 0 Å². The summed E-state index contributed by atoms with van der Waals surface area (Å²) in [6, 6.07) is 6.06. The average Bonchev–Trinajstić information content (AvgIpc) is 2.94. The topological polar surface area (TPSA) is 68.5 Å². The van der Waals surface area contributed by atoms with Crippen molar-refractivity contribution in [2.24, 2.45) is 0 Å². The van der Waals surface area contributed by atoms with E-state index in [1.165, 1.54) is 11.0 Å². The Labute approximate surface area is 127 Å². The van der Waals surface area contributed by atoms with Crippen LogP contribution in [-0.2, 0) is 4.74 Å².